The quantitative estimate of drug-likeness (QED) is 0.912. The predicted octanol–water partition coefficient (Wildman–Crippen LogP) is 1.04. The zero-order valence-electron chi connectivity index (χ0n) is 12.9. The van der Waals surface area contributed by atoms with Gasteiger partial charge in [-0.15, -0.1) is 0 Å². The molecular formula is C16H19N3O4. The molecule has 0 unspecified atom stereocenters. The maximum Gasteiger partial charge on any atom is 0.365 e. The summed E-state index contributed by atoms with van der Waals surface area (Å²) < 4.78 is 11.9. The Morgan fingerprint density at radius 3 is 2.70 bits per heavy atom. The van der Waals surface area contributed by atoms with Crippen molar-refractivity contribution in [2.75, 3.05) is 31.2 Å². The smallest absolute Gasteiger partial charge is 0.365 e. The Hall–Kier alpha value is -2.54. The van der Waals surface area contributed by atoms with Gasteiger partial charge in [-0.2, -0.15) is 4.74 Å². The Bertz CT molecular complexity index is 744. The number of rotatable bonds is 4. The average Bonchev–Trinajstić information content (AvgIpc) is 2.94. The van der Waals surface area contributed by atoms with E-state index in [9.17, 15) is 9.59 Å². The molecule has 2 aromatic rings. The summed E-state index contributed by atoms with van der Waals surface area (Å²) in [6.07, 6.45) is 1.62. The van der Waals surface area contributed by atoms with E-state index in [1.807, 2.05) is 24.3 Å². The van der Waals surface area contributed by atoms with Crippen LogP contribution in [0.4, 0.5) is 5.69 Å². The first kappa shape index (κ1) is 15.4. The first-order chi connectivity index (χ1) is 11.1. The summed E-state index contributed by atoms with van der Waals surface area (Å²) in [6, 6.07) is 7.74. The minimum absolute atomic E-state index is 0.129. The number of ether oxygens (including phenoxy) is 1. The summed E-state index contributed by atoms with van der Waals surface area (Å²) in [7, 11) is 0. The van der Waals surface area contributed by atoms with Crippen molar-refractivity contribution in [3.05, 3.63) is 40.9 Å². The Kier molecular flexibility index (Phi) is 4.47. The summed E-state index contributed by atoms with van der Waals surface area (Å²) in [4.78, 5) is 25.4. The molecule has 1 aromatic heterocycles. The van der Waals surface area contributed by atoms with Crippen LogP contribution < -0.4 is 15.8 Å². The number of aromatic nitrogens is 1. The van der Waals surface area contributed by atoms with Crippen molar-refractivity contribution in [1.29, 1.82) is 0 Å². The lowest BCUT2D eigenvalue weighted by atomic mass is 10.1. The Morgan fingerprint density at radius 1 is 1.22 bits per heavy atom. The second kappa shape index (κ2) is 6.70. The highest BCUT2D eigenvalue weighted by atomic mass is 16.5. The lowest BCUT2D eigenvalue weighted by Gasteiger charge is -2.30. The molecule has 1 aromatic carbocycles. The maximum absolute atomic E-state index is 12.2. The van der Waals surface area contributed by atoms with E-state index in [2.05, 4.69) is 10.2 Å². The molecule has 0 radical (unpaired) electrons. The number of morpholine rings is 1. The summed E-state index contributed by atoms with van der Waals surface area (Å²) in [5, 5.41) is 2.60. The number of para-hydroxylation sites is 1. The van der Waals surface area contributed by atoms with Gasteiger partial charge in [-0.1, -0.05) is 18.2 Å². The number of carbonyl (C=O) groups is 1. The Morgan fingerprint density at radius 2 is 1.96 bits per heavy atom. The molecule has 0 bridgehead atoms. The van der Waals surface area contributed by atoms with Gasteiger partial charge in [-0.3, -0.25) is 4.79 Å². The highest BCUT2D eigenvalue weighted by Gasteiger charge is 2.18. The number of hydrogen-bond donors (Lipinski definition) is 1. The van der Waals surface area contributed by atoms with Crippen LogP contribution in [0.25, 0.3) is 11.1 Å². The van der Waals surface area contributed by atoms with E-state index < -0.39 is 5.63 Å². The summed E-state index contributed by atoms with van der Waals surface area (Å²) in [5.41, 5.74) is 1.87. The van der Waals surface area contributed by atoms with E-state index in [0.29, 0.717) is 18.8 Å². The van der Waals surface area contributed by atoms with Crippen LogP contribution in [0, 0.1) is 0 Å². The molecule has 0 spiro atoms. The fourth-order valence-corrected chi connectivity index (χ4v) is 2.61. The largest absolute Gasteiger partial charge is 0.378 e. The predicted molar refractivity (Wildman–Crippen MR) is 85.3 cm³/mol. The van der Waals surface area contributed by atoms with Crippen LogP contribution in [-0.4, -0.2) is 37.0 Å². The molecule has 1 saturated heterocycles. The van der Waals surface area contributed by atoms with Crippen LogP contribution in [0.3, 0.4) is 0 Å². The van der Waals surface area contributed by atoms with Gasteiger partial charge in [0.25, 0.3) is 0 Å². The van der Waals surface area contributed by atoms with Crippen LogP contribution in [0.2, 0.25) is 0 Å². The number of carbonyl (C=O) groups excluding carboxylic acids is 1. The summed E-state index contributed by atoms with van der Waals surface area (Å²) >= 11 is 0. The number of anilines is 1. The average molecular weight is 317 g/mol. The molecule has 3 rings (SSSR count). The van der Waals surface area contributed by atoms with Gasteiger partial charge in [0.2, 0.25) is 5.91 Å². The third-order valence-corrected chi connectivity index (χ3v) is 3.72. The van der Waals surface area contributed by atoms with Crippen molar-refractivity contribution in [2.24, 2.45) is 0 Å². The van der Waals surface area contributed by atoms with Crippen LogP contribution in [0.1, 0.15) is 6.92 Å². The molecule has 1 N–H and O–H groups in total. The molecule has 2 heterocycles. The molecular weight excluding hydrogens is 298 g/mol. The lowest BCUT2D eigenvalue weighted by molar-refractivity contribution is -0.119. The zero-order valence-corrected chi connectivity index (χ0v) is 12.9. The zero-order chi connectivity index (χ0) is 16.2. The molecule has 7 nitrogen and oxygen atoms in total. The van der Waals surface area contributed by atoms with E-state index in [4.69, 9.17) is 9.26 Å². The normalized spacial score (nSPS) is 14.7. The SMILES string of the molecule is CC(=O)NCn1cc(-c2ccccc2N2CCOCC2)c(=O)o1. The van der Waals surface area contributed by atoms with Crippen molar-refractivity contribution in [2.45, 2.75) is 13.6 Å². The Labute approximate surface area is 133 Å². The van der Waals surface area contributed by atoms with E-state index >= 15 is 0 Å². The van der Waals surface area contributed by atoms with Gasteiger partial charge in [-0.05, 0) is 6.07 Å². The summed E-state index contributed by atoms with van der Waals surface area (Å²) in [6.45, 7) is 4.46. The highest BCUT2D eigenvalue weighted by Crippen LogP contribution is 2.29. The van der Waals surface area contributed by atoms with E-state index in [-0.39, 0.29) is 12.6 Å². The summed E-state index contributed by atoms with van der Waals surface area (Å²) in [5.74, 6) is -0.184. The molecule has 0 saturated carbocycles. The van der Waals surface area contributed by atoms with Crippen molar-refractivity contribution in [3.8, 4) is 11.1 Å². The molecule has 122 valence electrons. The number of benzene rings is 1. The van der Waals surface area contributed by atoms with Gasteiger partial charge in [0.1, 0.15) is 6.67 Å². The van der Waals surface area contributed by atoms with Gasteiger partial charge < -0.3 is 19.5 Å². The van der Waals surface area contributed by atoms with E-state index in [1.54, 1.807) is 6.20 Å². The number of hydrogen-bond acceptors (Lipinski definition) is 5. The van der Waals surface area contributed by atoms with Crippen LogP contribution >= 0.6 is 0 Å². The minimum atomic E-state index is -0.420. The first-order valence-electron chi connectivity index (χ1n) is 7.52. The van der Waals surface area contributed by atoms with Gasteiger partial charge in [0.05, 0.1) is 25.0 Å². The van der Waals surface area contributed by atoms with Gasteiger partial charge in [0, 0.05) is 31.3 Å². The standard InChI is InChI=1S/C16H19N3O4/c1-12(20)17-11-19-10-14(16(21)23-19)13-4-2-3-5-15(13)18-6-8-22-9-7-18/h2-5,10H,6-9,11H2,1H3,(H,17,20). The third-order valence-electron chi connectivity index (χ3n) is 3.72. The molecule has 23 heavy (non-hydrogen) atoms. The maximum atomic E-state index is 12.2. The first-order valence-corrected chi connectivity index (χ1v) is 7.52. The van der Waals surface area contributed by atoms with Crippen molar-refractivity contribution in [1.82, 2.24) is 10.1 Å². The molecule has 1 aliphatic heterocycles. The van der Waals surface area contributed by atoms with Crippen LogP contribution in [0.15, 0.2) is 39.8 Å². The number of nitrogens with one attached hydrogen (secondary N) is 1. The van der Waals surface area contributed by atoms with Crippen LogP contribution in [0.5, 0.6) is 0 Å². The minimum Gasteiger partial charge on any atom is -0.378 e. The third kappa shape index (κ3) is 3.45. The van der Waals surface area contributed by atoms with E-state index in [0.717, 1.165) is 24.3 Å². The molecule has 0 atom stereocenters. The number of amides is 1. The molecule has 7 heteroatoms. The van der Waals surface area contributed by atoms with E-state index in [1.165, 1.54) is 11.7 Å². The fraction of sp³-hybridized carbons (Fsp3) is 0.375. The second-order valence-electron chi connectivity index (χ2n) is 5.35. The second-order valence-corrected chi connectivity index (χ2v) is 5.35. The van der Waals surface area contributed by atoms with Crippen molar-refractivity contribution in [3.63, 3.8) is 0 Å². The number of nitrogens with zero attached hydrogens (tertiary/aromatic N) is 2. The molecule has 0 aliphatic carbocycles. The van der Waals surface area contributed by atoms with Gasteiger partial charge in [-0.25, -0.2) is 4.79 Å². The highest BCUT2D eigenvalue weighted by molar-refractivity contribution is 5.77. The molecule has 1 amide bonds. The monoisotopic (exact) mass is 317 g/mol. The Balaban J connectivity index is 1.92. The van der Waals surface area contributed by atoms with Crippen LogP contribution in [-0.2, 0) is 16.2 Å². The van der Waals surface area contributed by atoms with Gasteiger partial charge >= 0.3 is 5.63 Å². The van der Waals surface area contributed by atoms with Gasteiger partial charge in [0.15, 0.2) is 0 Å². The lowest BCUT2D eigenvalue weighted by Crippen LogP contribution is -2.36. The van der Waals surface area contributed by atoms with Crippen molar-refractivity contribution >= 4 is 11.6 Å². The topological polar surface area (TPSA) is 76.7 Å². The molecule has 1 fully saturated rings. The van der Waals surface area contributed by atoms with Crippen molar-refractivity contribution < 1.29 is 14.1 Å². The molecule has 1 aliphatic rings. The fourth-order valence-electron chi connectivity index (χ4n) is 2.61.